The molecule has 0 bridgehead atoms. The topological polar surface area (TPSA) is 37.8 Å². The number of rotatable bonds is 4. The van der Waals surface area contributed by atoms with E-state index in [0.29, 0.717) is 6.04 Å². The zero-order valence-corrected chi connectivity index (χ0v) is 10.8. The van der Waals surface area contributed by atoms with Crippen molar-refractivity contribution in [2.24, 2.45) is 0 Å². The van der Waals surface area contributed by atoms with E-state index in [1.807, 2.05) is 0 Å². The quantitative estimate of drug-likeness (QED) is 0.881. The first kappa shape index (κ1) is 11.3. The Labute approximate surface area is 99.9 Å². The van der Waals surface area contributed by atoms with Crippen LogP contribution in [-0.4, -0.2) is 16.0 Å². The number of anilines is 1. The van der Waals surface area contributed by atoms with Crippen LogP contribution >= 0.6 is 11.3 Å². The van der Waals surface area contributed by atoms with E-state index in [9.17, 15) is 0 Å². The molecule has 1 N–H and O–H groups in total. The molecule has 0 amide bonds. The highest BCUT2D eigenvalue weighted by molar-refractivity contribution is 7.09. The van der Waals surface area contributed by atoms with E-state index in [1.165, 1.54) is 0 Å². The van der Waals surface area contributed by atoms with E-state index in [2.05, 4.69) is 46.8 Å². The Kier molecular flexibility index (Phi) is 3.39. The minimum atomic E-state index is 0.396. The lowest BCUT2D eigenvalue weighted by atomic mass is 10.3. The normalized spacial score (nSPS) is 11.2. The third kappa shape index (κ3) is 2.32. The van der Waals surface area contributed by atoms with Gasteiger partial charge in [-0.3, -0.25) is 0 Å². The molecule has 2 heterocycles. The lowest BCUT2D eigenvalue weighted by molar-refractivity contribution is 0.833. The van der Waals surface area contributed by atoms with E-state index in [-0.39, 0.29) is 0 Å². The van der Waals surface area contributed by atoms with Gasteiger partial charge < -0.3 is 5.32 Å². The summed E-state index contributed by atoms with van der Waals surface area (Å²) in [5, 5.41) is 8.72. The highest BCUT2D eigenvalue weighted by Crippen LogP contribution is 2.24. The number of hydrogen-bond donors (Lipinski definition) is 1. The third-order valence-electron chi connectivity index (χ3n) is 2.29. The summed E-state index contributed by atoms with van der Waals surface area (Å²) in [6, 6.07) is 0.396. The van der Waals surface area contributed by atoms with Crippen molar-refractivity contribution in [3.63, 3.8) is 0 Å². The standard InChI is InChI=1S/C12H17N3S/c1-4-5-11-14-10-7-16-6-9(10)12(15-11)13-8(2)3/h6-8H,4-5H2,1-3H3,(H,13,14,15). The van der Waals surface area contributed by atoms with Crippen LogP contribution in [0.2, 0.25) is 0 Å². The average Bonchev–Trinajstić information content (AvgIpc) is 2.65. The lowest BCUT2D eigenvalue weighted by Crippen LogP contribution is -2.12. The first-order valence-corrected chi connectivity index (χ1v) is 6.64. The van der Waals surface area contributed by atoms with Crippen LogP contribution in [0, 0.1) is 0 Å². The molecule has 0 saturated carbocycles. The fourth-order valence-electron chi connectivity index (χ4n) is 1.63. The SMILES string of the molecule is CCCc1nc(NC(C)C)c2cscc2n1. The van der Waals surface area contributed by atoms with Crippen LogP contribution in [0.4, 0.5) is 5.82 Å². The molecule has 3 nitrogen and oxygen atoms in total. The van der Waals surface area contributed by atoms with E-state index in [4.69, 9.17) is 0 Å². The van der Waals surface area contributed by atoms with Gasteiger partial charge in [-0.2, -0.15) is 0 Å². The summed E-state index contributed by atoms with van der Waals surface area (Å²) in [5.74, 6) is 1.92. The summed E-state index contributed by atoms with van der Waals surface area (Å²) in [4.78, 5) is 9.14. The number of nitrogens with zero attached hydrogens (tertiary/aromatic N) is 2. The number of fused-ring (bicyclic) bond motifs is 1. The van der Waals surface area contributed by atoms with Gasteiger partial charge in [-0.05, 0) is 20.3 Å². The van der Waals surface area contributed by atoms with Gasteiger partial charge in [0.15, 0.2) is 0 Å². The molecule has 4 heteroatoms. The highest BCUT2D eigenvalue weighted by Gasteiger charge is 2.08. The maximum absolute atomic E-state index is 4.59. The van der Waals surface area contributed by atoms with Crippen molar-refractivity contribution in [3.05, 3.63) is 16.6 Å². The molecule has 2 aromatic rings. The predicted octanol–water partition coefficient (Wildman–Crippen LogP) is 3.46. The van der Waals surface area contributed by atoms with Crippen LogP contribution in [0.25, 0.3) is 10.9 Å². The number of aryl methyl sites for hydroxylation is 1. The molecule has 2 rings (SSSR count). The van der Waals surface area contributed by atoms with Crippen molar-refractivity contribution in [3.8, 4) is 0 Å². The van der Waals surface area contributed by atoms with Crippen LogP contribution in [0.3, 0.4) is 0 Å². The Balaban J connectivity index is 2.46. The molecule has 0 unspecified atom stereocenters. The number of thiophene rings is 1. The summed E-state index contributed by atoms with van der Waals surface area (Å²) in [5.41, 5.74) is 1.06. The largest absolute Gasteiger partial charge is 0.367 e. The lowest BCUT2D eigenvalue weighted by Gasteiger charge is -2.11. The van der Waals surface area contributed by atoms with Gasteiger partial charge in [-0.15, -0.1) is 11.3 Å². The van der Waals surface area contributed by atoms with Crippen LogP contribution in [0.5, 0.6) is 0 Å². The molecule has 2 aromatic heterocycles. The molecule has 0 aromatic carbocycles. The van der Waals surface area contributed by atoms with Gasteiger partial charge >= 0.3 is 0 Å². The molecule has 0 atom stereocenters. The summed E-state index contributed by atoms with van der Waals surface area (Å²) in [7, 11) is 0. The first-order valence-electron chi connectivity index (χ1n) is 5.70. The Morgan fingerprint density at radius 1 is 1.31 bits per heavy atom. The number of aromatic nitrogens is 2. The van der Waals surface area contributed by atoms with E-state index >= 15 is 0 Å². The fourth-order valence-corrected chi connectivity index (χ4v) is 2.37. The minimum Gasteiger partial charge on any atom is -0.367 e. The maximum atomic E-state index is 4.59. The zero-order chi connectivity index (χ0) is 11.5. The highest BCUT2D eigenvalue weighted by atomic mass is 32.1. The predicted molar refractivity (Wildman–Crippen MR) is 70.2 cm³/mol. The average molecular weight is 235 g/mol. The van der Waals surface area contributed by atoms with Crippen LogP contribution in [-0.2, 0) is 6.42 Å². The molecule has 16 heavy (non-hydrogen) atoms. The fraction of sp³-hybridized carbons (Fsp3) is 0.500. The van der Waals surface area contributed by atoms with Gasteiger partial charge in [0.1, 0.15) is 11.6 Å². The second kappa shape index (κ2) is 4.78. The Morgan fingerprint density at radius 3 is 2.81 bits per heavy atom. The van der Waals surface area contributed by atoms with Gasteiger partial charge in [0.2, 0.25) is 0 Å². The number of hydrogen-bond acceptors (Lipinski definition) is 4. The van der Waals surface area contributed by atoms with E-state index in [1.54, 1.807) is 11.3 Å². The van der Waals surface area contributed by atoms with Crippen molar-refractivity contribution in [1.29, 1.82) is 0 Å². The molecule has 0 aliphatic heterocycles. The Morgan fingerprint density at radius 2 is 2.12 bits per heavy atom. The van der Waals surface area contributed by atoms with E-state index < -0.39 is 0 Å². The van der Waals surface area contributed by atoms with Crippen LogP contribution in [0.15, 0.2) is 10.8 Å². The second-order valence-electron chi connectivity index (χ2n) is 4.21. The molecule has 0 aliphatic rings. The van der Waals surface area contributed by atoms with Crippen LogP contribution < -0.4 is 5.32 Å². The molecule has 0 spiro atoms. The summed E-state index contributed by atoms with van der Waals surface area (Å²) >= 11 is 1.68. The van der Waals surface area contributed by atoms with Crippen LogP contribution in [0.1, 0.15) is 33.0 Å². The van der Waals surface area contributed by atoms with Gasteiger partial charge in [0, 0.05) is 23.2 Å². The molecule has 0 radical (unpaired) electrons. The number of nitrogens with one attached hydrogen (secondary N) is 1. The van der Waals surface area contributed by atoms with Gasteiger partial charge in [-0.1, -0.05) is 6.92 Å². The first-order chi connectivity index (χ1) is 7.70. The van der Waals surface area contributed by atoms with Crippen molar-refractivity contribution in [2.45, 2.75) is 39.7 Å². The maximum Gasteiger partial charge on any atom is 0.138 e. The summed E-state index contributed by atoms with van der Waals surface area (Å²) in [6.45, 7) is 6.40. The summed E-state index contributed by atoms with van der Waals surface area (Å²) in [6.07, 6.45) is 2.02. The van der Waals surface area contributed by atoms with E-state index in [0.717, 1.165) is 35.4 Å². The smallest absolute Gasteiger partial charge is 0.138 e. The molecule has 0 fully saturated rings. The van der Waals surface area contributed by atoms with Crippen molar-refractivity contribution >= 4 is 28.1 Å². The van der Waals surface area contributed by atoms with Gasteiger partial charge in [0.05, 0.1) is 10.9 Å². The Hall–Kier alpha value is -1.16. The molecule has 86 valence electrons. The van der Waals surface area contributed by atoms with Gasteiger partial charge in [0.25, 0.3) is 0 Å². The molecule has 0 aliphatic carbocycles. The van der Waals surface area contributed by atoms with Crippen molar-refractivity contribution in [1.82, 2.24) is 9.97 Å². The monoisotopic (exact) mass is 235 g/mol. The second-order valence-corrected chi connectivity index (χ2v) is 4.95. The third-order valence-corrected chi connectivity index (χ3v) is 3.02. The van der Waals surface area contributed by atoms with Gasteiger partial charge in [-0.25, -0.2) is 9.97 Å². The van der Waals surface area contributed by atoms with Crippen molar-refractivity contribution in [2.75, 3.05) is 5.32 Å². The molecular weight excluding hydrogens is 218 g/mol. The summed E-state index contributed by atoms with van der Waals surface area (Å²) < 4.78 is 0. The minimum absolute atomic E-state index is 0.396. The molecular formula is C12H17N3S. The van der Waals surface area contributed by atoms with Crippen molar-refractivity contribution < 1.29 is 0 Å². The zero-order valence-electron chi connectivity index (χ0n) is 9.95. The molecule has 0 saturated heterocycles. The Bertz CT molecular complexity index is 476.